The lowest BCUT2D eigenvalue weighted by Gasteiger charge is -2.09. The van der Waals surface area contributed by atoms with Crippen molar-refractivity contribution in [3.63, 3.8) is 0 Å². The Kier molecular flexibility index (Phi) is 4.45. The fourth-order valence-corrected chi connectivity index (χ4v) is 4.19. The Bertz CT molecular complexity index is 1230. The highest BCUT2D eigenvalue weighted by Gasteiger charge is 2.22. The van der Waals surface area contributed by atoms with Gasteiger partial charge in [-0.25, -0.2) is 14.2 Å². The van der Waals surface area contributed by atoms with Gasteiger partial charge in [-0.15, -0.1) is 11.3 Å². The monoisotopic (exact) mass is 382 g/mol. The Morgan fingerprint density at radius 1 is 1.22 bits per heavy atom. The summed E-state index contributed by atoms with van der Waals surface area (Å²) in [6.07, 6.45) is 1.42. The van der Waals surface area contributed by atoms with E-state index in [-0.39, 0.29) is 18.7 Å². The minimum Gasteiger partial charge on any atom is -0.462 e. The van der Waals surface area contributed by atoms with Crippen LogP contribution in [-0.2, 0) is 11.3 Å². The van der Waals surface area contributed by atoms with E-state index in [9.17, 15) is 14.0 Å². The molecule has 2 aromatic heterocycles. The molecule has 7 heteroatoms. The Balaban J connectivity index is 1.91. The molecule has 0 atom stereocenters. The summed E-state index contributed by atoms with van der Waals surface area (Å²) in [6, 6.07) is 11.7. The molecule has 0 saturated carbocycles. The number of hydrogen-bond acceptors (Lipinski definition) is 5. The molecule has 27 heavy (non-hydrogen) atoms. The first kappa shape index (κ1) is 17.4. The normalized spacial score (nSPS) is 11.2. The summed E-state index contributed by atoms with van der Waals surface area (Å²) >= 11 is 1.16. The average Bonchev–Trinajstić information content (AvgIpc) is 3.04. The number of hydrogen-bond donors (Lipinski definition) is 0. The number of thiophene rings is 1. The number of nitrogens with zero attached hydrogens (tertiary/aromatic N) is 2. The standard InChI is InChI=1S/C20H15FN2O3S/c1-2-26-20(25)18-13(17-14(21)7-5-9-16(17)27-18)10-23-11-22-15-8-4-3-6-12(15)19(23)24/h3-9,11H,2,10H2,1H3. The zero-order valence-electron chi connectivity index (χ0n) is 14.4. The third-order valence-electron chi connectivity index (χ3n) is 4.28. The molecule has 0 fully saturated rings. The van der Waals surface area contributed by atoms with Crippen molar-refractivity contribution in [2.75, 3.05) is 6.61 Å². The summed E-state index contributed by atoms with van der Waals surface area (Å²) in [6.45, 7) is 1.96. The van der Waals surface area contributed by atoms with E-state index >= 15 is 0 Å². The van der Waals surface area contributed by atoms with E-state index in [1.54, 1.807) is 43.3 Å². The first-order chi connectivity index (χ1) is 13.1. The molecule has 0 unspecified atom stereocenters. The second-order valence-corrected chi connectivity index (χ2v) is 6.99. The largest absolute Gasteiger partial charge is 0.462 e. The fraction of sp³-hybridized carbons (Fsp3) is 0.150. The molecule has 2 heterocycles. The van der Waals surface area contributed by atoms with Crippen molar-refractivity contribution in [3.8, 4) is 0 Å². The molecule has 0 bridgehead atoms. The molecule has 5 nitrogen and oxygen atoms in total. The predicted molar refractivity (Wildman–Crippen MR) is 103 cm³/mol. The lowest BCUT2D eigenvalue weighted by Crippen LogP contribution is -2.22. The van der Waals surface area contributed by atoms with Crippen molar-refractivity contribution in [3.05, 3.63) is 75.4 Å². The van der Waals surface area contributed by atoms with Gasteiger partial charge in [0.1, 0.15) is 10.7 Å². The van der Waals surface area contributed by atoms with Gasteiger partial charge in [0.15, 0.2) is 0 Å². The van der Waals surface area contributed by atoms with E-state index in [0.29, 0.717) is 31.4 Å². The van der Waals surface area contributed by atoms with Crippen LogP contribution in [0.25, 0.3) is 21.0 Å². The van der Waals surface area contributed by atoms with Crippen molar-refractivity contribution in [2.45, 2.75) is 13.5 Å². The van der Waals surface area contributed by atoms with E-state index < -0.39 is 11.8 Å². The maximum atomic E-state index is 14.5. The van der Waals surface area contributed by atoms with Crippen LogP contribution in [0.1, 0.15) is 22.2 Å². The predicted octanol–water partition coefficient (Wildman–Crippen LogP) is 3.98. The smallest absolute Gasteiger partial charge is 0.348 e. The molecule has 136 valence electrons. The van der Waals surface area contributed by atoms with Gasteiger partial charge in [-0.3, -0.25) is 9.36 Å². The van der Waals surface area contributed by atoms with Gasteiger partial charge in [-0.2, -0.15) is 0 Å². The summed E-state index contributed by atoms with van der Waals surface area (Å²) in [7, 11) is 0. The van der Waals surface area contributed by atoms with Crippen LogP contribution in [0.2, 0.25) is 0 Å². The summed E-state index contributed by atoms with van der Waals surface area (Å²) in [5, 5.41) is 0.809. The molecular formula is C20H15FN2O3S. The van der Waals surface area contributed by atoms with Gasteiger partial charge >= 0.3 is 5.97 Å². The van der Waals surface area contributed by atoms with Crippen molar-refractivity contribution in [2.24, 2.45) is 0 Å². The van der Waals surface area contributed by atoms with E-state index in [1.807, 2.05) is 0 Å². The van der Waals surface area contributed by atoms with Gasteiger partial charge in [0.25, 0.3) is 5.56 Å². The van der Waals surface area contributed by atoms with E-state index in [4.69, 9.17) is 4.74 Å². The number of rotatable bonds is 4. The summed E-state index contributed by atoms with van der Waals surface area (Å²) in [5.41, 5.74) is 0.780. The van der Waals surface area contributed by atoms with Crippen LogP contribution in [0.5, 0.6) is 0 Å². The molecule has 0 aliphatic carbocycles. The van der Waals surface area contributed by atoms with Gasteiger partial charge in [-0.1, -0.05) is 18.2 Å². The van der Waals surface area contributed by atoms with Crippen LogP contribution < -0.4 is 5.56 Å². The minimum absolute atomic E-state index is 0.0335. The van der Waals surface area contributed by atoms with Gasteiger partial charge in [0, 0.05) is 15.6 Å². The number of benzene rings is 2. The van der Waals surface area contributed by atoms with Crippen molar-refractivity contribution in [1.82, 2.24) is 9.55 Å². The number of fused-ring (bicyclic) bond motifs is 2. The Labute approximate surface area is 157 Å². The Morgan fingerprint density at radius 2 is 2.04 bits per heavy atom. The number of aromatic nitrogens is 2. The highest BCUT2D eigenvalue weighted by atomic mass is 32.1. The third kappa shape index (κ3) is 3.00. The lowest BCUT2D eigenvalue weighted by molar-refractivity contribution is 0.0531. The quantitative estimate of drug-likeness (QED) is 0.501. The zero-order valence-corrected chi connectivity index (χ0v) is 15.3. The Morgan fingerprint density at radius 3 is 2.85 bits per heavy atom. The molecule has 0 aliphatic heterocycles. The average molecular weight is 382 g/mol. The lowest BCUT2D eigenvalue weighted by atomic mass is 10.1. The summed E-state index contributed by atoms with van der Waals surface area (Å²) < 4.78 is 21.7. The highest BCUT2D eigenvalue weighted by Crippen LogP contribution is 2.34. The van der Waals surface area contributed by atoms with Crippen LogP contribution in [0.15, 0.2) is 53.6 Å². The van der Waals surface area contributed by atoms with Crippen LogP contribution >= 0.6 is 11.3 Å². The fourth-order valence-electron chi connectivity index (χ4n) is 3.07. The number of esters is 1. The van der Waals surface area contributed by atoms with Crippen molar-refractivity contribution in [1.29, 1.82) is 0 Å². The Hall–Kier alpha value is -3.06. The molecule has 4 aromatic rings. The van der Waals surface area contributed by atoms with Gasteiger partial charge in [-0.05, 0) is 31.2 Å². The topological polar surface area (TPSA) is 61.2 Å². The summed E-state index contributed by atoms with van der Waals surface area (Å²) in [5.74, 6) is -0.953. The number of para-hydroxylation sites is 1. The second kappa shape index (κ2) is 6.92. The van der Waals surface area contributed by atoms with Crippen LogP contribution in [0.4, 0.5) is 4.39 Å². The summed E-state index contributed by atoms with van der Waals surface area (Å²) in [4.78, 5) is 29.8. The maximum absolute atomic E-state index is 14.5. The SMILES string of the molecule is CCOC(=O)c1sc2cccc(F)c2c1Cn1cnc2ccccc2c1=O. The molecule has 4 rings (SSSR count). The molecule has 2 aromatic carbocycles. The van der Waals surface area contributed by atoms with Gasteiger partial charge in [0.05, 0.1) is 30.4 Å². The van der Waals surface area contributed by atoms with Gasteiger partial charge < -0.3 is 4.74 Å². The number of halogens is 1. The van der Waals surface area contributed by atoms with Crippen LogP contribution in [-0.4, -0.2) is 22.1 Å². The van der Waals surface area contributed by atoms with E-state index in [2.05, 4.69) is 4.98 Å². The van der Waals surface area contributed by atoms with E-state index in [1.165, 1.54) is 17.0 Å². The number of carbonyl (C=O) groups is 1. The third-order valence-corrected chi connectivity index (χ3v) is 5.46. The highest BCUT2D eigenvalue weighted by molar-refractivity contribution is 7.21. The molecule has 0 saturated heterocycles. The molecule has 0 radical (unpaired) electrons. The van der Waals surface area contributed by atoms with Crippen molar-refractivity contribution < 1.29 is 13.9 Å². The molecule has 0 N–H and O–H groups in total. The maximum Gasteiger partial charge on any atom is 0.348 e. The first-order valence-corrected chi connectivity index (χ1v) is 9.23. The van der Waals surface area contributed by atoms with Crippen LogP contribution in [0.3, 0.4) is 0 Å². The molecule has 0 aliphatic rings. The zero-order chi connectivity index (χ0) is 19.0. The van der Waals surface area contributed by atoms with E-state index in [0.717, 1.165) is 11.3 Å². The molecular weight excluding hydrogens is 367 g/mol. The number of ether oxygens (including phenoxy) is 1. The first-order valence-electron chi connectivity index (χ1n) is 8.41. The molecule has 0 spiro atoms. The van der Waals surface area contributed by atoms with Crippen molar-refractivity contribution >= 4 is 38.3 Å². The number of carbonyl (C=O) groups excluding carboxylic acids is 1. The second-order valence-electron chi connectivity index (χ2n) is 5.94. The minimum atomic E-state index is -0.519. The molecule has 0 amide bonds. The van der Waals surface area contributed by atoms with Crippen LogP contribution in [0, 0.1) is 5.82 Å². The van der Waals surface area contributed by atoms with Gasteiger partial charge in [0.2, 0.25) is 0 Å².